The molecule has 0 aliphatic heterocycles. The van der Waals surface area contributed by atoms with E-state index in [1.54, 1.807) is 6.07 Å². The van der Waals surface area contributed by atoms with E-state index < -0.39 is 0 Å². The van der Waals surface area contributed by atoms with Gasteiger partial charge in [0.05, 0.1) is 0 Å². The SMILES string of the molecule is CNCCC(c1ccccc1)c1c[nH]c2cc(F)ccc12. The average Bonchev–Trinajstić information content (AvgIpc) is 2.92. The fraction of sp³-hybridized carbons (Fsp3) is 0.222. The number of hydrogen-bond donors (Lipinski definition) is 2. The second-order valence-corrected chi connectivity index (χ2v) is 5.29. The van der Waals surface area contributed by atoms with Gasteiger partial charge in [-0.25, -0.2) is 4.39 Å². The molecule has 3 heteroatoms. The second-order valence-electron chi connectivity index (χ2n) is 5.29. The van der Waals surface area contributed by atoms with E-state index in [1.807, 2.05) is 25.4 Å². The van der Waals surface area contributed by atoms with Crippen molar-refractivity contribution in [1.82, 2.24) is 10.3 Å². The first-order valence-corrected chi connectivity index (χ1v) is 7.25. The first-order valence-electron chi connectivity index (χ1n) is 7.25. The highest BCUT2D eigenvalue weighted by atomic mass is 19.1. The van der Waals surface area contributed by atoms with E-state index in [4.69, 9.17) is 0 Å². The third kappa shape index (κ3) is 2.83. The summed E-state index contributed by atoms with van der Waals surface area (Å²) in [6, 6.07) is 15.4. The number of nitrogens with one attached hydrogen (secondary N) is 2. The molecule has 21 heavy (non-hydrogen) atoms. The van der Waals surface area contributed by atoms with Crippen LogP contribution in [0.25, 0.3) is 10.9 Å². The maximum Gasteiger partial charge on any atom is 0.125 e. The Hall–Kier alpha value is -2.13. The van der Waals surface area contributed by atoms with Crippen molar-refractivity contribution in [3.8, 4) is 0 Å². The highest BCUT2D eigenvalue weighted by Gasteiger charge is 2.17. The van der Waals surface area contributed by atoms with E-state index in [9.17, 15) is 4.39 Å². The highest BCUT2D eigenvalue weighted by molar-refractivity contribution is 5.84. The van der Waals surface area contributed by atoms with Crippen molar-refractivity contribution < 1.29 is 4.39 Å². The standard InChI is InChI=1S/C18H19FN2/c1-20-10-9-15(13-5-3-2-4-6-13)17-12-21-18-11-14(19)7-8-16(17)18/h2-8,11-12,15,20-21H,9-10H2,1H3. The van der Waals surface area contributed by atoms with Crippen LogP contribution in [0, 0.1) is 5.82 Å². The number of aromatic amines is 1. The van der Waals surface area contributed by atoms with Crippen molar-refractivity contribution in [2.75, 3.05) is 13.6 Å². The molecule has 108 valence electrons. The minimum Gasteiger partial charge on any atom is -0.361 e. The molecule has 0 amide bonds. The lowest BCUT2D eigenvalue weighted by atomic mass is 9.88. The molecule has 0 bridgehead atoms. The Balaban J connectivity index is 2.06. The molecule has 1 atom stereocenters. The molecule has 0 aliphatic carbocycles. The Kier molecular flexibility index (Phi) is 4.02. The third-order valence-corrected chi connectivity index (χ3v) is 3.94. The molecule has 0 aliphatic rings. The Morgan fingerprint density at radius 3 is 2.71 bits per heavy atom. The molecule has 2 nitrogen and oxygen atoms in total. The van der Waals surface area contributed by atoms with E-state index in [-0.39, 0.29) is 5.82 Å². The van der Waals surface area contributed by atoms with Crippen LogP contribution < -0.4 is 5.32 Å². The van der Waals surface area contributed by atoms with Gasteiger partial charge in [0.1, 0.15) is 5.82 Å². The summed E-state index contributed by atoms with van der Waals surface area (Å²) < 4.78 is 13.3. The molecule has 3 aromatic rings. The zero-order valence-corrected chi connectivity index (χ0v) is 12.1. The van der Waals surface area contributed by atoms with Crippen LogP contribution in [-0.4, -0.2) is 18.6 Å². The summed E-state index contributed by atoms with van der Waals surface area (Å²) in [6.07, 6.45) is 3.02. The molecule has 2 N–H and O–H groups in total. The molecule has 1 heterocycles. The lowest BCUT2D eigenvalue weighted by Gasteiger charge is -2.17. The Morgan fingerprint density at radius 2 is 1.95 bits per heavy atom. The summed E-state index contributed by atoms with van der Waals surface area (Å²) in [5.41, 5.74) is 3.37. The van der Waals surface area contributed by atoms with Crippen LogP contribution in [0.3, 0.4) is 0 Å². The number of rotatable bonds is 5. The van der Waals surface area contributed by atoms with Crippen molar-refractivity contribution in [2.24, 2.45) is 0 Å². The van der Waals surface area contributed by atoms with Crippen LogP contribution in [-0.2, 0) is 0 Å². The summed E-state index contributed by atoms with van der Waals surface area (Å²) in [6.45, 7) is 0.938. The molecule has 0 saturated carbocycles. The van der Waals surface area contributed by atoms with Crippen LogP contribution in [0.2, 0.25) is 0 Å². The first-order chi connectivity index (χ1) is 10.3. The molecule has 0 saturated heterocycles. The van der Waals surface area contributed by atoms with Gasteiger partial charge in [0, 0.05) is 23.0 Å². The molecule has 0 radical (unpaired) electrons. The number of hydrogen-bond acceptors (Lipinski definition) is 1. The lowest BCUT2D eigenvalue weighted by Crippen LogP contribution is -2.13. The minimum absolute atomic E-state index is 0.206. The van der Waals surface area contributed by atoms with Crippen molar-refractivity contribution >= 4 is 10.9 Å². The summed E-state index contributed by atoms with van der Waals surface area (Å²) in [4.78, 5) is 3.20. The van der Waals surface area contributed by atoms with Crippen molar-refractivity contribution in [1.29, 1.82) is 0 Å². The number of aromatic nitrogens is 1. The van der Waals surface area contributed by atoms with E-state index >= 15 is 0 Å². The van der Waals surface area contributed by atoms with Crippen LogP contribution in [0.1, 0.15) is 23.5 Å². The van der Waals surface area contributed by atoms with Gasteiger partial charge in [0.15, 0.2) is 0 Å². The summed E-state index contributed by atoms with van der Waals surface area (Å²) in [7, 11) is 1.96. The van der Waals surface area contributed by atoms with Gasteiger partial charge in [-0.05, 0) is 49.3 Å². The van der Waals surface area contributed by atoms with Crippen LogP contribution in [0.15, 0.2) is 54.7 Å². The third-order valence-electron chi connectivity index (χ3n) is 3.94. The van der Waals surface area contributed by atoms with E-state index in [0.717, 1.165) is 23.9 Å². The van der Waals surface area contributed by atoms with Crippen LogP contribution in [0.5, 0.6) is 0 Å². The maximum atomic E-state index is 13.3. The van der Waals surface area contributed by atoms with Crippen LogP contribution >= 0.6 is 0 Å². The molecular weight excluding hydrogens is 263 g/mol. The minimum atomic E-state index is -0.206. The average molecular weight is 282 g/mol. The molecule has 3 rings (SSSR count). The highest BCUT2D eigenvalue weighted by Crippen LogP contribution is 2.33. The number of fused-ring (bicyclic) bond motifs is 1. The second kappa shape index (κ2) is 6.10. The van der Waals surface area contributed by atoms with Crippen molar-refractivity contribution in [3.05, 3.63) is 71.7 Å². The molecule has 0 fully saturated rings. The molecule has 1 aromatic heterocycles. The van der Waals surface area contributed by atoms with Gasteiger partial charge in [0.25, 0.3) is 0 Å². The van der Waals surface area contributed by atoms with Gasteiger partial charge in [0.2, 0.25) is 0 Å². The number of benzene rings is 2. The maximum absolute atomic E-state index is 13.3. The van der Waals surface area contributed by atoms with Crippen molar-refractivity contribution in [3.63, 3.8) is 0 Å². The van der Waals surface area contributed by atoms with Gasteiger partial charge < -0.3 is 10.3 Å². The van der Waals surface area contributed by atoms with E-state index in [2.05, 4.69) is 34.6 Å². The molecule has 0 spiro atoms. The predicted octanol–water partition coefficient (Wildman–Crippen LogP) is 4.05. The van der Waals surface area contributed by atoms with Gasteiger partial charge in [-0.3, -0.25) is 0 Å². The topological polar surface area (TPSA) is 27.8 Å². The van der Waals surface area contributed by atoms with Crippen LogP contribution in [0.4, 0.5) is 4.39 Å². The van der Waals surface area contributed by atoms with Crippen molar-refractivity contribution in [2.45, 2.75) is 12.3 Å². The molecule has 1 unspecified atom stereocenters. The summed E-state index contributed by atoms with van der Waals surface area (Å²) in [5, 5.41) is 4.32. The monoisotopic (exact) mass is 282 g/mol. The quantitative estimate of drug-likeness (QED) is 0.726. The summed E-state index contributed by atoms with van der Waals surface area (Å²) in [5.74, 6) is 0.0975. The normalized spacial score (nSPS) is 12.7. The molecular formula is C18H19FN2. The number of halogens is 1. The zero-order valence-electron chi connectivity index (χ0n) is 12.1. The first kappa shape index (κ1) is 13.8. The fourth-order valence-electron chi connectivity index (χ4n) is 2.88. The Labute approximate surface area is 124 Å². The largest absolute Gasteiger partial charge is 0.361 e. The lowest BCUT2D eigenvalue weighted by molar-refractivity contribution is 0.629. The molecule has 2 aromatic carbocycles. The smallest absolute Gasteiger partial charge is 0.125 e. The predicted molar refractivity (Wildman–Crippen MR) is 85.1 cm³/mol. The van der Waals surface area contributed by atoms with E-state index in [0.29, 0.717) is 5.92 Å². The zero-order chi connectivity index (χ0) is 14.7. The van der Waals surface area contributed by atoms with Gasteiger partial charge in [-0.15, -0.1) is 0 Å². The van der Waals surface area contributed by atoms with Gasteiger partial charge in [-0.2, -0.15) is 0 Å². The Morgan fingerprint density at radius 1 is 1.14 bits per heavy atom. The Bertz CT molecular complexity index is 718. The summed E-state index contributed by atoms with van der Waals surface area (Å²) >= 11 is 0. The van der Waals surface area contributed by atoms with E-state index in [1.165, 1.54) is 17.2 Å². The fourth-order valence-corrected chi connectivity index (χ4v) is 2.88. The van der Waals surface area contributed by atoms with Gasteiger partial charge in [-0.1, -0.05) is 30.3 Å². The number of H-pyrrole nitrogens is 1. The van der Waals surface area contributed by atoms with Gasteiger partial charge >= 0.3 is 0 Å².